The molecule has 1 unspecified atom stereocenters. The summed E-state index contributed by atoms with van der Waals surface area (Å²) in [4.78, 5) is 24.8. The lowest BCUT2D eigenvalue weighted by Gasteiger charge is -2.11. The minimum absolute atomic E-state index is 0.0694. The van der Waals surface area contributed by atoms with Crippen molar-refractivity contribution in [3.63, 3.8) is 0 Å². The van der Waals surface area contributed by atoms with Crippen LogP contribution in [0.3, 0.4) is 0 Å². The van der Waals surface area contributed by atoms with Crippen LogP contribution in [0.15, 0.2) is 48.6 Å². The molecule has 28 heavy (non-hydrogen) atoms. The van der Waals surface area contributed by atoms with Gasteiger partial charge in [-0.25, -0.2) is 0 Å². The maximum Gasteiger partial charge on any atom is 0.232 e. The monoisotopic (exact) mass is 417 g/mol. The summed E-state index contributed by atoms with van der Waals surface area (Å²) in [6, 6.07) is 10.8. The first-order chi connectivity index (χ1) is 13.3. The number of carbonyl (C=O) groups is 2. The normalized spacial score (nSPS) is 15.2. The van der Waals surface area contributed by atoms with Gasteiger partial charge in [-0.2, -0.15) is 0 Å². The molecule has 1 aliphatic rings. The molecule has 2 aromatic carbocycles. The second-order valence-corrected chi connectivity index (χ2v) is 7.74. The zero-order valence-electron chi connectivity index (χ0n) is 16.6. The topological polar surface area (TPSA) is 46.2 Å². The third-order valence-electron chi connectivity index (χ3n) is 4.68. The quantitative estimate of drug-likeness (QED) is 0.429. The van der Waals surface area contributed by atoms with Crippen molar-refractivity contribution in [2.24, 2.45) is 0 Å². The summed E-state index contributed by atoms with van der Waals surface area (Å²) in [6.45, 7) is 8.20. The van der Waals surface area contributed by atoms with Crippen LogP contribution in [-0.2, 0) is 4.79 Å². The summed E-state index contributed by atoms with van der Waals surface area (Å²) >= 11 is 12.3. The average molecular weight is 418 g/mol. The fourth-order valence-electron chi connectivity index (χ4n) is 2.93. The number of carbonyl (C=O) groups excluding carboxylic acids is 2. The molecule has 0 saturated heterocycles. The summed E-state index contributed by atoms with van der Waals surface area (Å²) in [5, 5.41) is 3.60. The molecule has 0 radical (unpaired) electrons. The fourth-order valence-corrected chi connectivity index (χ4v) is 3.43. The van der Waals surface area contributed by atoms with Crippen molar-refractivity contribution in [2.45, 2.75) is 46.0 Å². The van der Waals surface area contributed by atoms with E-state index < -0.39 is 5.92 Å². The first-order valence-electron chi connectivity index (χ1n) is 9.29. The van der Waals surface area contributed by atoms with Gasteiger partial charge in [0.25, 0.3) is 0 Å². The Bertz CT molecular complexity index is 882. The largest absolute Gasteiger partial charge is 0.324 e. The highest BCUT2D eigenvalue weighted by Gasteiger charge is 2.35. The molecule has 0 bridgehead atoms. The first-order valence-corrected chi connectivity index (χ1v) is 10.0. The van der Waals surface area contributed by atoms with Gasteiger partial charge < -0.3 is 5.32 Å². The van der Waals surface area contributed by atoms with Crippen LogP contribution in [0.1, 0.15) is 67.4 Å². The molecule has 5 heteroatoms. The molecule has 0 aromatic heterocycles. The highest BCUT2D eigenvalue weighted by atomic mass is 35.5. The second kappa shape index (κ2) is 9.90. The highest BCUT2D eigenvalue weighted by Crippen LogP contribution is 2.43. The van der Waals surface area contributed by atoms with Crippen molar-refractivity contribution < 1.29 is 9.59 Å². The van der Waals surface area contributed by atoms with Gasteiger partial charge in [-0.15, -0.1) is 0 Å². The van der Waals surface area contributed by atoms with Crippen molar-refractivity contribution in [2.75, 3.05) is 5.32 Å². The summed E-state index contributed by atoms with van der Waals surface area (Å²) in [5.74, 6) is -0.535. The van der Waals surface area contributed by atoms with Crippen molar-refractivity contribution in [1.29, 1.82) is 0 Å². The van der Waals surface area contributed by atoms with Crippen LogP contribution in [0, 0.1) is 0 Å². The van der Waals surface area contributed by atoms with Crippen LogP contribution in [0.5, 0.6) is 0 Å². The Balaban J connectivity index is 0.000000640. The second-order valence-electron chi connectivity index (χ2n) is 6.93. The third kappa shape index (κ3) is 5.03. The first kappa shape index (κ1) is 22.2. The Morgan fingerprint density at radius 3 is 2.14 bits per heavy atom. The lowest BCUT2D eigenvalue weighted by atomic mass is 9.92. The van der Waals surface area contributed by atoms with E-state index in [1.807, 2.05) is 50.3 Å². The predicted octanol–water partition coefficient (Wildman–Crippen LogP) is 7.01. The summed E-state index contributed by atoms with van der Waals surface area (Å²) < 4.78 is 0. The number of ketones is 1. The number of allylic oxidation sites excluding steroid dienone is 2. The Morgan fingerprint density at radius 1 is 1.04 bits per heavy atom. The molecule has 3 nitrogen and oxygen atoms in total. The standard InChI is InChI=1S/C19H17Cl2NO2.C4H8/c1-10(2)11-3-5-12(6-4-11)16(23)9-13-17-14(20)7-8-15(21)18(17)22-19(13)24;1-3-4-2/h3-8,10,13H,9H2,1-2H3,(H,22,24);3-4H,1-2H3/b;4-3-. The van der Waals surface area contributed by atoms with Gasteiger partial charge in [-0.1, -0.05) is 73.5 Å². The van der Waals surface area contributed by atoms with Crippen LogP contribution in [0.2, 0.25) is 10.0 Å². The molecule has 0 aliphatic carbocycles. The average Bonchev–Trinajstić information content (AvgIpc) is 3.02. The summed E-state index contributed by atoms with van der Waals surface area (Å²) in [6.07, 6.45) is 4.07. The lowest BCUT2D eigenvalue weighted by Crippen LogP contribution is -2.16. The Morgan fingerprint density at radius 2 is 1.61 bits per heavy atom. The predicted molar refractivity (Wildman–Crippen MR) is 118 cm³/mol. The fraction of sp³-hybridized carbons (Fsp3) is 0.304. The number of amides is 1. The molecule has 0 fully saturated rings. The molecule has 1 heterocycles. The van der Waals surface area contributed by atoms with E-state index in [2.05, 4.69) is 19.2 Å². The smallest absolute Gasteiger partial charge is 0.232 e. The van der Waals surface area contributed by atoms with Crippen molar-refractivity contribution in [1.82, 2.24) is 0 Å². The van der Waals surface area contributed by atoms with E-state index in [0.29, 0.717) is 32.8 Å². The summed E-state index contributed by atoms with van der Waals surface area (Å²) in [7, 11) is 0. The molecule has 1 aliphatic heterocycles. The SMILES string of the molecule is C/C=C\C.CC(C)c1ccc(C(=O)CC2C(=O)Nc3c(Cl)ccc(Cl)c32)cc1. The van der Waals surface area contributed by atoms with Gasteiger partial charge in [0.2, 0.25) is 5.91 Å². The number of nitrogens with one attached hydrogen (secondary N) is 1. The number of fused-ring (bicyclic) bond motifs is 1. The summed E-state index contributed by atoms with van der Waals surface area (Å²) in [5.41, 5.74) is 2.90. The van der Waals surface area contributed by atoms with E-state index in [1.54, 1.807) is 12.1 Å². The van der Waals surface area contributed by atoms with Gasteiger partial charge in [0.05, 0.1) is 16.6 Å². The molecular formula is C23H25Cl2NO2. The van der Waals surface area contributed by atoms with Gasteiger partial charge in [0, 0.05) is 22.6 Å². The van der Waals surface area contributed by atoms with Gasteiger partial charge in [-0.3, -0.25) is 9.59 Å². The van der Waals surface area contributed by atoms with Crippen molar-refractivity contribution in [3.05, 3.63) is 75.3 Å². The molecule has 0 spiro atoms. The van der Waals surface area contributed by atoms with Crippen LogP contribution >= 0.6 is 23.2 Å². The zero-order chi connectivity index (χ0) is 20.8. The van der Waals surface area contributed by atoms with Crippen LogP contribution < -0.4 is 5.32 Å². The highest BCUT2D eigenvalue weighted by molar-refractivity contribution is 6.38. The number of halogens is 2. The molecule has 1 amide bonds. The number of hydrogen-bond acceptors (Lipinski definition) is 2. The zero-order valence-corrected chi connectivity index (χ0v) is 18.1. The molecule has 1 N–H and O–H groups in total. The molecule has 3 rings (SSSR count). The van der Waals surface area contributed by atoms with Gasteiger partial charge in [0.1, 0.15) is 0 Å². The molecular weight excluding hydrogens is 393 g/mol. The van der Waals surface area contributed by atoms with Crippen LogP contribution in [0.4, 0.5) is 5.69 Å². The Kier molecular flexibility index (Phi) is 7.85. The van der Waals surface area contributed by atoms with Gasteiger partial charge in [-0.05, 0) is 37.5 Å². The van der Waals surface area contributed by atoms with Crippen LogP contribution in [-0.4, -0.2) is 11.7 Å². The number of Topliss-reactive ketones (excluding diaryl/α,β-unsaturated/α-hetero) is 1. The van der Waals surface area contributed by atoms with E-state index in [4.69, 9.17) is 23.2 Å². The minimum Gasteiger partial charge on any atom is -0.324 e. The number of anilines is 1. The van der Waals surface area contributed by atoms with E-state index in [9.17, 15) is 9.59 Å². The molecule has 1 atom stereocenters. The maximum absolute atomic E-state index is 12.6. The minimum atomic E-state index is -0.608. The molecule has 0 saturated carbocycles. The Hall–Kier alpha value is -2.10. The van der Waals surface area contributed by atoms with Gasteiger partial charge >= 0.3 is 0 Å². The lowest BCUT2D eigenvalue weighted by molar-refractivity contribution is -0.117. The van der Waals surface area contributed by atoms with E-state index >= 15 is 0 Å². The van der Waals surface area contributed by atoms with Crippen molar-refractivity contribution >= 4 is 40.6 Å². The number of hydrogen-bond donors (Lipinski definition) is 1. The number of benzene rings is 2. The van der Waals surface area contributed by atoms with E-state index in [1.165, 1.54) is 5.56 Å². The van der Waals surface area contributed by atoms with Crippen molar-refractivity contribution in [3.8, 4) is 0 Å². The van der Waals surface area contributed by atoms with E-state index in [0.717, 1.165) is 0 Å². The molecule has 2 aromatic rings. The van der Waals surface area contributed by atoms with Crippen LogP contribution in [0.25, 0.3) is 0 Å². The maximum atomic E-state index is 12.6. The third-order valence-corrected chi connectivity index (χ3v) is 5.32. The van der Waals surface area contributed by atoms with E-state index in [-0.39, 0.29) is 18.1 Å². The molecule has 148 valence electrons. The Labute approximate surface area is 176 Å². The number of rotatable bonds is 4. The van der Waals surface area contributed by atoms with Gasteiger partial charge in [0.15, 0.2) is 5.78 Å².